The van der Waals surface area contributed by atoms with E-state index >= 15 is 0 Å². The molecule has 15 heavy (non-hydrogen) atoms. The average molecular weight is 208 g/mol. The zero-order valence-corrected chi connectivity index (χ0v) is 8.90. The van der Waals surface area contributed by atoms with Gasteiger partial charge in [0.2, 0.25) is 5.88 Å². The van der Waals surface area contributed by atoms with Crippen LogP contribution < -0.4 is 10.5 Å². The summed E-state index contributed by atoms with van der Waals surface area (Å²) < 4.78 is 11.0. The van der Waals surface area contributed by atoms with Crippen molar-refractivity contribution in [2.24, 2.45) is 0 Å². The van der Waals surface area contributed by atoms with Gasteiger partial charge >= 0.3 is 0 Å². The third-order valence-electron chi connectivity index (χ3n) is 2.46. The van der Waals surface area contributed by atoms with Gasteiger partial charge in [0.1, 0.15) is 6.61 Å². The predicted octanol–water partition coefficient (Wildman–Crippen LogP) is 1.53. The maximum absolute atomic E-state index is 5.75. The van der Waals surface area contributed by atoms with Gasteiger partial charge in [-0.1, -0.05) is 0 Å². The van der Waals surface area contributed by atoms with Crippen LogP contribution in [0.15, 0.2) is 12.1 Å². The molecule has 0 aromatic carbocycles. The zero-order chi connectivity index (χ0) is 10.7. The second-order valence-corrected chi connectivity index (χ2v) is 3.79. The van der Waals surface area contributed by atoms with E-state index in [1.54, 1.807) is 0 Å². The average Bonchev–Trinajstić information content (AvgIpc) is 2.72. The van der Waals surface area contributed by atoms with Crippen LogP contribution in [0.3, 0.4) is 0 Å². The number of hydrogen-bond donors (Lipinski definition) is 1. The van der Waals surface area contributed by atoms with Gasteiger partial charge in [0.25, 0.3) is 0 Å². The van der Waals surface area contributed by atoms with E-state index in [1.165, 1.54) is 0 Å². The molecule has 0 saturated carbocycles. The fraction of sp³-hybridized carbons (Fsp3) is 0.545. The second-order valence-electron chi connectivity index (χ2n) is 3.79. The monoisotopic (exact) mass is 208 g/mol. The Bertz CT molecular complexity index is 335. The van der Waals surface area contributed by atoms with Crippen LogP contribution in [0, 0.1) is 6.92 Å². The van der Waals surface area contributed by atoms with E-state index in [0.29, 0.717) is 18.2 Å². The summed E-state index contributed by atoms with van der Waals surface area (Å²) in [7, 11) is 0. The Labute approximate surface area is 89.4 Å². The third kappa shape index (κ3) is 2.59. The molecule has 1 unspecified atom stereocenters. The maximum atomic E-state index is 5.75. The first-order valence-corrected chi connectivity index (χ1v) is 5.23. The van der Waals surface area contributed by atoms with Crippen molar-refractivity contribution in [3.05, 3.63) is 17.8 Å². The fourth-order valence-corrected chi connectivity index (χ4v) is 1.61. The van der Waals surface area contributed by atoms with E-state index in [-0.39, 0.29) is 6.10 Å². The minimum atomic E-state index is 0.201. The van der Waals surface area contributed by atoms with Gasteiger partial charge in [-0.2, -0.15) is 0 Å². The standard InChI is InChI=1S/C11H16N2O2/c1-8-4-5-10(12)11(13-8)15-7-9-3-2-6-14-9/h4-5,9H,2-3,6-7,12H2,1H3. The van der Waals surface area contributed by atoms with Gasteiger partial charge in [0, 0.05) is 12.3 Å². The molecule has 1 fully saturated rings. The number of aromatic nitrogens is 1. The van der Waals surface area contributed by atoms with Crippen molar-refractivity contribution in [1.29, 1.82) is 0 Å². The molecule has 2 rings (SSSR count). The zero-order valence-electron chi connectivity index (χ0n) is 8.90. The predicted molar refractivity (Wildman–Crippen MR) is 57.9 cm³/mol. The molecule has 2 N–H and O–H groups in total. The summed E-state index contributed by atoms with van der Waals surface area (Å²) in [5.41, 5.74) is 7.24. The number of nitrogens with two attached hydrogens (primary N) is 1. The van der Waals surface area contributed by atoms with Crippen LogP contribution in [0.2, 0.25) is 0 Å². The summed E-state index contributed by atoms with van der Waals surface area (Å²) in [6, 6.07) is 3.68. The van der Waals surface area contributed by atoms with Crippen molar-refractivity contribution >= 4 is 5.69 Å². The Morgan fingerprint density at radius 2 is 2.47 bits per heavy atom. The van der Waals surface area contributed by atoms with Gasteiger partial charge in [0.05, 0.1) is 11.8 Å². The highest BCUT2D eigenvalue weighted by Gasteiger charge is 2.16. The molecule has 1 atom stereocenters. The van der Waals surface area contributed by atoms with Crippen LogP contribution in [0.4, 0.5) is 5.69 Å². The normalized spacial score (nSPS) is 20.5. The summed E-state index contributed by atoms with van der Waals surface area (Å²) in [5, 5.41) is 0. The number of anilines is 1. The number of rotatable bonds is 3. The molecule has 1 aromatic heterocycles. The highest BCUT2D eigenvalue weighted by molar-refractivity contribution is 5.48. The summed E-state index contributed by atoms with van der Waals surface area (Å²) in [4.78, 5) is 4.23. The number of pyridine rings is 1. The lowest BCUT2D eigenvalue weighted by molar-refractivity contribution is 0.0666. The summed E-state index contributed by atoms with van der Waals surface area (Å²) in [6.07, 6.45) is 2.38. The first-order valence-electron chi connectivity index (χ1n) is 5.23. The molecule has 2 heterocycles. The molecule has 1 aliphatic heterocycles. The molecular weight excluding hydrogens is 192 g/mol. The molecule has 4 heteroatoms. The maximum Gasteiger partial charge on any atom is 0.237 e. The molecule has 1 aliphatic rings. The molecule has 0 radical (unpaired) electrons. The summed E-state index contributed by atoms with van der Waals surface area (Å²) >= 11 is 0. The van der Waals surface area contributed by atoms with Crippen LogP contribution >= 0.6 is 0 Å². The van der Waals surface area contributed by atoms with Gasteiger partial charge in [-0.05, 0) is 31.9 Å². The molecule has 82 valence electrons. The van der Waals surface area contributed by atoms with Crippen LogP contribution in [-0.4, -0.2) is 24.3 Å². The SMILES string of the molecule is Cc1ccc(N)c(OCC2CCCO2)n1. The van der Waals surface area contributed by atoms with Crippen LogP contribution in [-0.2, 0) is 4.74 Å². The lowest BCUT2D eigenvalue weighted by Gasteiger charge is -2.12. The van der Waals surface area contributed by atoms with Gasteiger partial charge in [0.15, 0.2) is 0 Å². The first-order chi connectivity index (χ1) is 7.25. The van der Waals surface area contributed by atoms with Crippen LogP contribution in [0.5, 0.6) is 5.88 Å². The van der Waals surface area contributed by atoms with E-state index in [0.717, 1.165) is 25.1 Å². The van der Waals surface area contributed by atoms with Crippen molar-refractivity contribution < 1.29 is 9.47 Å². The van der Waals surface area contributed by atoms with E-state index in [1.807, 2.05) is 19.1 Å². The van der Waals surface area contributed by atoms with Crippen molar-refractivity contribution in [3.8, 4) is 5.88 Å². The van der Waals surface area contributed by atoms with Gasteiger partial charge in [-0.25, -0.2) is 4.98 Å². The van der Waals surface area contributed by atoms with Crippen molar-refractivity contribution in [2.75, 3.05) is 18.9 Å². The van der Waals surface area contributed by atoms with Gasteiger partial charge < -0.3 is 15.2 Å². The molecule has 0 bridgehead atoms. The number of hydrogen-bond acceptors (Lipinski definition) is 4. The Hall–Kier alpha value is -1.29. The van der Waals surface area contributed by atoms with Crippen LogP contribution in [0.1, 0.15) is 18.5 Å². The molecule has 1 aromatic rings. The van der Waals surface area contributed by atoms with E-state index in [9.17, 15) is 0 Å². The number of nitrogen functional groups attached to an aromatic ring is 1. The van der Waals surface area contributed by atoms with Crippen LogP contribution in [0.25, 0.3) is 0 Å². The number of ether oxygens (including phenoxy) is 2. The fourth-order valence-electron chi connectivity index (χ4n) is 1.61. The molecular formula is C11H16N2O2. The lowest BCUT2D eigenvalue weighted by atomic mass is 10.2. The van der Waals surface area contributed by atoms with E-state index in [4.69, 9.17) is 15.2 Å². The molecule has 0 spiro atoms. The van der Waals surface area contributed by atoms with Crippen molar-refractivity contribution in [1.82, 2.24) is 4.98 Å². The molecule has 0 aliphatic carbocycles. The Morgan fingerprint density at radius 1 is 1.60 bits per heavy atom. The van der Waals surface area contributed by atoms with Crippen molar-refractivity contribution in [3.63, 3.8) is 0 Å². The summed E-state index contributed by atoms with van der Waals surface area (Å²) in [5.74, 6) is 0.519. The highest BCUT2D eigenvalue weighted by Crippen LogP contribution is 2.20. The first kappa shape index (κ1) is 10.2. The van der Waals surface area contributed by atoms with E-state index in [2.05, 4.69) is 4.98 Å². The van der Waals surface area contributed by atoms with Gasteiger partial charge in [-0.15, -0.1) is 0 Å². The topological polar surface area (TPSA) is 57.4 Å². The molecule has 0 amide bonds. The largest absolute Gasteiger partial charge is 0.473 e. The van der Waals surface area contributed by atoms with Gasteiger partial charge in [-0.3, -0.25) is 0 Å². The number of aryl methyl sites for hydroxylation is 1. The Morgan fingerprint density at radius 3 is 3.20 bits per heavy atom. The minimum absolute atomic E-state index is 0.201. The lowest BCUT2D eigenvalue weighted by Crippen LogP contribution is -2.17. The van der Waals surface area contributed by atoms with E-state index < -0.39 is 0 Å². The minimum Gasteiger partial charge on any atom is -0.473 e. The Kier molecular flexibility index (Phi) is 3.06. The third-order valence-corrected chi connectivity index (χ3v) is 2.46. The van der Waals surface area contributed by atoms with Crippen molar-refractivity contribution in [2.45, 2.75) is 25.9 Å². The number of nitrogens with zero attached hydrogens (tertiary/aromatic N) is 1. The molecule has 1 saturated heterocycles. The Balaban J connectivity index is 1.94. The smallest absolute Gasteiger partial charge is 0.237 e. The quantitative estimate of drug-likeness (QED) is 0.818. The highest BCUT2D eigenvalue weighted by atomic mass is 16.5. The second kappa shape index (κ2) is 4.49. The molecule has 4 nitrogen and oxygen atoms in total. The summed E-state index contributed by atoms with van der Waals surface area (Å²) in [6.45, 7) is 3.30.